The molecule has 0 amide bonds. The van der Waals surface area contributed by atoms with Crippen LogP contribution in [0, 0.1) is 0 Å². The highest BCUT2D eigenvalue weighted by atomic mass is 32.2. The highest BCUT2D eigenvalue weighted by Gasteiger charge is 2.31. The SMILES string of the molecule is COC(OC)C(C)NS(=O)(=O)C1CCCC1. The summed E-state index contributed by atoms with van der Waals surface area (Å²) in [5, 5.41) is -0.246. The molecule has 96 valence electrons. The molecule has 0 aromatic rings. The molecule has 1 N–H and O–H groups in total. The van der Waals surface area contributed by atoms with Crippen molar-refractivity contribution in [3.63, 3.8) is 0 Å². The number of rotatable bonds is 6. The lowest BCUT2D eigenvalue weighted by molar-refractivity contribution is -0.115. The van der Waals surface area contributed by atoms with Crippen LogP contribution in [0.4, 0.5) is 0 Å². The van der Waals surface area contributed by atoms with Crippen LogP contribution in [-0.2, 0) is 19.5 Å². The minimum Gasteiger partial charge on any atom is -0.354 e. The lowest BCUT2D eigenvalue weighted by atomic mass is 10.3. The van der Waals surface area contributed by atoms with Crippen LogP contribution in [0.5, 0.6) is 0 Å². The molecule has 1 saturated carbocycles. The highest BCUT2D eigenvalue weighted by Crippen LogP contribution is 2.24. The summed E-state index contributed by atoms with van der Waals surface area (Å²) < 4.78 is 36.6. The molecule has 0 aromatic heterocycles. The van der Waals surface area contributed by atoms with Gasteiger partial charge < -0.3 is 9.47 Å². The molecule has 0 aliphatic heterocycles. The second kappa shape index (κ2) is 5.95. The highest BCUT2D eigenvalue weighted by molar-refractivity contribution is 7.90. The first-order valence-corrected chi connectivity index (χ1v) is 7.12. The molecule has 0 heterocycles. The zero-order valence-electron chi connectivity index (χ0n) is 10.1. The van der Waals surface area contributed by atoms with E-state index in [0.29, 0.717) is 0 Å². The summed E-state index contributed by atoms with van der Waals surface area (Å²) in [4.78, 5) is 0. The molecule has 5 nitrogen and oxygen atoms in total. The third-order valence-corrected chi connectivity index (χ3v) is 5.01. The first-order chi connectivity index (χ1) is 7.51. The Morgan fingerprint density at radius 1 is 1.19 bits per heavy atom. The third-order valence-electron chi connectivity index (χ3n) is 2.96. The first-order valence-electron chi connectivity index (χ1n) is 5.58. The molecule has 0 saturated heterocycles. The van der Waals surface area contributed by atoms with Crippen molar-refractivity contribution in [2.45, 2.75) is 50.2 Å². The molecule has 1 aliphatic carbocycles. The molecule has 0 bridgehead atoms. The predicted octanol–water partition coefficient (Wildman–Crippen LogP) is 0.856. The fourth-order valence-corrected chi connectivity index (χ4v) is 3.89. The van der Waals surface area contributed by atoms with E-state index in [1.165, 1.54) is 14.2 Å². The van der Waals surface area contributed by atoms with Crippen molar-refractivity contribution in [3.8, 4) is 0 Å². The molecule has 0 radical (unpaired) electrons. The average molecular weight is 251 g/mol. The van der Waals surface area contributed by atoms with Gasteiger partial charge in [0.2, 0.25) is 10.0 Å². The second-order valence-corrected chi connectivity index (χ2v) is 6.19. The van der Waals surface area contributed by atoms with Gasteiger partial charge in [-0.25, -0.2) is 13.1 Å². The van der Waals surface area contributed by atoms with Gasteiger partial charge >= 0.3 is 0 Å². The van der Waals surface area contributed by atoms with Gasteiger partial charge in [0, 0.05) is 14.2 Å². The fraction of sp³-hybridized carbons (Fsp3) is 1.00. The van der Waals surface area contributed by atoms with E-state index in [1.54, 1.807) is 6.92 Å². The summed E-state index contributed by atoms with van der Waals surface area (Å²) in [5.74, 6) is 0. The summed E-state index contributed by atoms with van der Waals surface area (Å²) in [6.45, 7) is 1.74. The number of ether oxygens (including phenoxy) is 2. The van der Waals surface area contributed by atoms with E-state index in [-0.39, 0.29) is 11.3 Å². The first kappa shape index (κ1) is 13.9. The van der Waals surface area contributed by atoms with E-state index in [2.05, 4.69) is 4.72 Å². The molecular weight excluding hydrogens is 230 g/mol. The fourth-order valence-electron chi connectivity index (χ4n) is 2.11. The molecule has 6 heteroatoms. The number of hydrogen-bond donors (Lipinski definition) is 1. The molecule has 1 aliphatic rings. The van der Waals surface area contributed by atoms with Crippen LogP contribution in [0.3, 0.4) is 0 Å². The molecule has 1 rings (SSSR count). The topological polar surface area (TPSA) is 64.6 Å². The van der Waals surface area contributed by atoms with Gasteiger partial charge in [0.25, 0.3) is 0 Å². The summed E-state index contributed by atoms with van der Waals surface area (Å²) in [6.07, 6.45) is 2.96. The Morgan fingerprint density at radius 3 is 2.12 bits per heavy atom. The third kappa shape index (κ3) is 3.41. The van der Waals surface area contributed by atoms with Crippen LogP contribution in [0.1, 0.15) is 32.6 Å². The van der Waals surface area contributed by atoms with Gasteiger partial charge in [-0.05, 0) is 19.8 Å². The van der Waals surface area contributed by atoms with Crippen molar-refractivity contribution in [1.82, 2.24) is 4.72 Å². The average Bonchev–Trinajstić information content (AvgIpc) is 2.71. The van der Waals surface area contributed by atoms with Gasteiger partial charge in [-0.2, -0.15) is 0 Å². The zero-order valence-corrected chi connectivity index (χ0v) is 10.9. The largest absolute Gasteiger partial charge is 0.354 e. The predicted molar refractivity (Wildman–Crippen MR) is 61.6 cm³/mol. The minimum atomic E-state index is -3.23. The Morgan fingerprint density at radius 2 is 1.69 bits per heavy atom. The quantitative estimate of drug-likeness (QED) is 0.711. The van der Waals surface area contributed by atoms with Crippen LogP contribution in [-0.4, -0.2) is 40.2 Å². The van der Waals surface area contributed by atoms with Crippen molar-refractivity contribution in [2.24, 2.45) is 0 Å². The molecule has 0 spiro atoms. The lowest BCUT2D eigenvalue weighted by Crippen LogP contribution is -2.45. The van der Waals surface area contributed by atoms with Gasteiger partial charge in [0.15, 0.2) is 6.29 Å². The smallest absolute Gasteiger partial charge is 0.214 e. The van der Waals surface area contributed by atoms with Crippen LogP contribution in [0.15, 0.2) is 0 Å². The molecule has 0 aromatic carbocycles. The van der Waals surface area contributed by atoms with E-state index >= 15 is 0 Å². The van der Waals surface area contributed by atoms with Gasteiger partial charge in [-0.15, -0.1) is 0 Å². The Labute approximate surface area is 97.6 Å². The van der Waals surface area contributed by atoms with Crippen LogP contribution in [0.2, 0.25) is 0 Å². The van der Waals surface area contributed by atoms with E-state index in [1.807, 2.05) is 0 Å². The van der Waals surface area contributed by atoms with Crippen molar-refractivity contribution < 1.29 is 17.9 Å². The maximum Gasteiger partial charge on any atom is 0.214 e. The number of sulfonamides is 1. The lowest BCUT2D eigenvalue weighted by Gasteiger charge is -2.23. The molecule has 1 fully saturated rings. The monoisotopic (exact) mass is 251 g/mol. The number of hydrogen-bond acceptors (Lipinski definition) is 4. The molecule has 1 atom stereocenters. The van der Waals surface area contributed by atoms with Crippen LogP contribution >= 0.6 is 0 Å². The maximum absolute atomic E-state index is 12.0. The number of methoxy groups -OCH3 is 2. The Hall–Kier alpha value is -0.170. The summed E-state index contributed by atoms with van der Waals surface area (Å²) in [7, 11) is -0.245. The minimum absolute atomic E-state index is 0.246. The number of nitrogens with one attached hydrogen (secondary N) is 1. The summed E-state index contributed by atoms with van der Waals surface area (Å²) in [6, 6.07) is -0.374. The molecular formula is C10H21NO4S. The Kier molecular flexibility index (Phi) is 5.17. The van der Waals surface area contributed by atoms with Crippen LogP contribution < -0.4 is 4.72 Å². The van der Waals surface area contributed by atoms with Crippen molar-refractivity contribution in [2.75, 3.05) is 14.2 Å². The molecule has 1 unspecified atom stereocenters. The van der Waals surface area contributed by atoms with Crippen LogP contribution in [0.25, 0.3) is 0 Å². The van der Waals surface area contributed by atoms with Crippen molar-refractivity contribution in [3.05, 3.63) is 0 Å². The van der Waals surface area contributed by atoms with Gasteiger partial charge in [0.05, 0.1) is 11.3 Å². The maximum atomic E-state index is 12.0. The van der Waals surface area contributed by atoms with Crippen molar-refractivity contribution >= 4 is 10.0 Å². The summed E-state index contributed by atoms with van der Waals surface area (Å²) >= 11 is 0. The standard InChI is InChI=1S/C10H21NO4S/c1-8(10(14-2)15-3)11-16(12,13)9-6-4-5-7-9/h8-11H,4-7H2,1-3H3. The molecule has 16 heavy (non-hydrogen) atoms. The Bertz CT molecular complexity index is 294. The second-order valence-electron chi connectivity index (χ2n) is 4.20. The van der Waals surface area contributed by atoms with Gasteiger partial charge in [-0.3, -0.25) is 0 Å². The van der Waals surface area contributed by atoms with Crippen molar-refractivity contribution in [1.29, 1.82) is 0 Å². The van der Waals surface area contributed by atoms with E-state index in [0.717, 1.165) is 25.7 Å². The normalized spacial score (nSPS) is 20.5. The van der Waals surface area contributed by atoms with Gasteiger partial charge in [-0.1, -0.05) is 12.8 Å². The van der Waals surface area contributed by atoms with E-state index in [9.17, 15) is 8.42 Å². The summed E-state index contributed by atoms with van der Waals surface area (Å²) in [5.41, 5.74) is 0. The van der Waals surface area contributed by atoms with Gasteiger partial charge in [0.1, 0.15) is 0 Å². The van der Waals surface area contributed by atoms with E-state index in [4.69, 9.17) is 9.47 Å². The zero-order chi connectivity index (χ0) is 12.2. The Balaban J connectivity index is 2.57. The van der Waals surface area contributed by atoms with E-state index < -0.39 is 16.3 Å².